The average molecular weight is 308 g/mol. The Morgan fingerprint density at radius 2 is 1.04 bits per heavy atom. The van der Waals surface area contributed by atoms with Gasteiger partial charge in [0.2, 0.25) is 0 Å². The van der Waals surface area contributed by atoms with E-state index in [1.54, 1.807) is 0 Å². The Balaban J connectivity index is 1.85. The molecule has 2 aromatic carbocycles. The van der Waals surface area contributed by atoms with Crippen molar-refractivity contribution in [2.75, 3.05) is 20.8 Å². The van der Waals surface area contributed by atoms with Gasteiger partial charge in [0, 0.05) is 14.1 Å². The lowest BCUT2D eigenvalue weighted by atomic mass is 10.2. The molecule has 0 saturated carbocycles. The molecule has 0 bridgehead atoms. The van der Waals surface area contributed by atoms with Crippen LogP contribution in [0.3, 0.4) is 0 Å². The third-order valence-corrected chi connectivity index (χ3v) is 3.37. The zero-order chi connectivity index (χ0) is 16.7. The molecule has 0 atom stereocenters. The number of rotatable bonds is 6. The second-order valence-electron chi connectivity index (χ2n) is 5.77. The van der Waals surface area contributed by atoms with Gasteiger partial charge in [0.15, 0.2) is 0 Å². The lowest BCUT2D eigenvalue weighted by molar-refractivity contribution is 0.196. The molecule has 120 valence electrons. The fourth-order valence-corrected chi connectivity index (χ4v) is 2.00. The van der Waals surface area contributed by atoms with E-state index < -0.39 is 0 Å². The minimum atomic E-state index is 0.616. The molecule has 0 aliphatic rings. The summed E-state index contributed by atoms with van der Waals surface area (Å²) >= 11 is 0. The van der Waals surface area contributed by atoms with Crippen molar-refractivity contribution in [1.29, 1.82) is 0 Å². The van der Waals surface area contributed by atoms with Gasteiger partial charge in [-0.3, -0.25) is 10.0 Å². The monoisotopic (exact) mass is 308 g/mol. The summed E-state index contributed by atoms with van der Waals surface area (Å²) < 4.78 is 0. The van der Waals surface area contributed by atoms with E-state index in [1.807, 2.05) is 36.5 Å². The van der Waals surface area contributed by atoms with E-state index in [9.17, 15) is 0 Å². The summed E-state index contributed by atoms with van der Waals surface area (Å²) in [5.74, 6) is 0. The zero-order valence-corrected chi connectivity index (χ0v) is 14.3. The molecule has 0 aliphatic carbocycles. The molecule has 0 aliphatic heterocycles. The first-order chi connectivity index (χ1) is 11.0. The number of hydrazone groups is 2. The molecule has 0 aromatic heterocycles. The second-order valence-corrected chi connectivity index (χ2v) is 5.77. The topological polar surface area (TPSA) is 31.2 Å². The molecule has 2 rings (SSSR count). The van der Waals surface area contributed by atoms with Crippen molar-refractivity contribution in [1.82, 2.24) is 10.0 Å². The van der Waals surface area contributed by atoms with Crippen LogP contribution in [0.4, 0.5) is 0 Å². The van der Waals surface area contributed by atoms with Crippen molar-refractivity contribution in [3.8, 4) is 0 Å². The maximum absolute atomic E-state index is 4.42. The normalized spacial score (nSPS) is 11.3. The van der Waals surface area contributed by atoms with Crippen LogP contribution < -0.4 is 0 Å². The van der Waals surface area contributed by atoms with Crippen molar-refractivity contribution < 1.29 is 0 Å². The van der Waals surface area contributed by atoms with Crippen molar-refractivity contribution in [3.63, 3.8) is 0 Å². The predicted octanol–water partition coefficient (Wildman–Crippen LogP) is 3.49. The van der Waals surface area contributed by atoms with Crippen molar-refractivity contribution >= 4 is 12.4 Å². The van der Waals surface area contributed by atoms with E-state index in [-0.39, 0.29) is 0 Å². The third kappa shape index (κ3) is 5.94. The number of nitrogens with zero attached hydrogens (tertiary/aromatic N) is 4. The number of hydrogen-bond acceptors (Lipinski definition) is 4. The first-order valence-corrected chi connectivity index (χ1v) is 7.66. The summed E-state index contributed by atoms with van der Waals surface area (Å²) in [5, 5.41) is 12.6. The summed E-state index contributed by atoms with van der Waals surface area (Å²) in [5.41, 5.74) is 4.68. The van der Waals surface area contributed by atoms with Crippen LogP contribution in [-0.4, -0.2) is 43.2 Å². The number of aryl methyl sites for hydroxylation is 2. The molecule has 0 heterocycles. The minimum Gasteiger partial charge on any atom is -0.279 e. The van der Waals surface area contributed by atoms with E-state index in [0.717, 1.165) is 11.1 Å². The summed E-state index contributed by atoms with van der Waals surface area (Å²) in [7, 11) is 3.87. The zero-order valence-electron chi connectivity index (χ0n) is 14.3. The van der Waals surface area contributed by atoms with Crippen LogP contribution >= 0.6 is 0 Å². The van der Waals surface area contributed by atoms with Gasteiger partial charge in [-0.15, -0.1) is 0 Å². The van der Waals surface area contributed by atoms with Crippen LogP contribution in [0.15, 0.2) is 58.7 Å². The van der Waals surface area contributed by atoms with Crippen molar-refractivity contribution in [2.45, 2.75) is 13.8 Å². The van der Waals surface area contributed by atoms with Gasteiger partial charge in [0.25, 0.3) is 0 Å². The maximum Gasteiger partial charge on any atom is 0.122 e. The van der Waals surface area contributed by atoms with Gasteiger partial charge in [-0.2, -0.15) is 10.2 Å². The van der Waals surface area contributed by atoms with Gasteiger partial charge in [-0.1, -0.05) is 59.7 Å². The van der Waals surface area contributed by atoms with Gasteiger partial charge >= 0.3 is 0 Å². The molecular weight excluding hydrogens is 284 g/mol. The summed E-state index contributed by atoms with van der Waals surface area (Å²) in [4.78, 5) is 0. The Hall–Kier alpha value is -2.62. The molecule has 0 radical (unpaired) electrons. The van der Waals surface area contributed by atoms with E-state index in [0.29, 0.717) is 6.67 Å². The average Bonchev–Trinajstić information content (AvgIpc) is 2.54. The van der Waals surface area contributed by atoms with E-state index >= 15 is 0 Å². The molecule has 0 spiro atoms. The highest BCUT2D eigenvalue weighted by atomic mass is 15.6. The van der Waals surface area contributed by atoms with Crippen LogP contribution in [0.25, 0.3) is 0 Å². The smallest absolute Gasteiger partial charge is 0.122 e. The SMILES string of the molecule is Cc1ccc(/C=N/N(C)CN(C)/N=C/c2ccc(C)cc2)cc1. The first kappa shape index (κ1) is 16.7. The maximum atomic E-state index is 4.42. The van der Waals surface area contributed by atoms with Crippen LogP contribution in [-0.2, 0) is 0 Å². The Kier molecular flexibility index (Phi) is 5.92. The molecule has 4 nitrogen and oxygen atoms in total. The Labute approximate surface area is 138 Å². The molecule has 0 N–H and O–H groups in total. The van der Waals surface area contributed by atoms with Gasteiger partial charge in [0.1, 0.15) is 6.67 Å². The molecule has 0 fully saturated rings. The molecule has 4 heteroatoms. The van der Waals surface area contributed by atoms with Crippen molar-refractivity contribution in [3.05, 3.63) is 70.8 Å². The lowest BCUT2D eigenvalue weighted by Gasteiger charge is -2.19. The second kappa shape index (κ2) is 8.13. The van der Waals surface area contributed by atoms with Gasteiger partial charge in [0.05, 0.1) is 12.4 Å². The van der Waals surface area contributed by atoms with Crippen LogP contribution in [0.5, 0.6) is 0 Å². The number of benzene rings is 2. The van der Waals surface area contributed by atoms with Gasteiger partial charge in [-0.25, -0.2) is 0 Å². The van der Waals surface area contributed by atoms with Crippen LogP contribution in [0.1, 0.15) is 22.3 Å². The molecule has 2 aromatic rings. The highest BCUT2D eigenvalue weighted by molar-refractivity contribution is 5.79. The predicted molar refractivity (Wildman–Crippen MR) is 97.9 cm³/mol. The minimum absolute atomic E-state index is 0.616. The fourth-order valence-electron chi connectivity index (χ4n) is 2.00. The molecule has 23 heavy (non-hydrogen) atoms. The Morgan fingerprint density at radius 3 is 1.39 bits per heavy atom. The summed E-state index contributed by atoms with van der Waals surface area (Å²) in [6, 6.07) is 16.6. The molecular formula is C19H24N4. The molecule has 0 unspecified atom stereocenters. The summed E-state index contributed by atoms with van der Waals surface area (Å²) in [6.07, 6.45) is 3.72. The Morgan fingerprint density at radius 1 is 0.696 bits per heavy atom. The van der Waals surface area contributed by atoms with Gasteiger partial charge in [-0.05, 0) is 25.0 Å². The van der Waals surface area contributed by atoms with Crippen LogP contribution in [0, 0.1) is 13.8 Å². The van der Waals surface area contributed by atoms with Crippen LogP contribution in [0.2, 0.25) is 0 Å². The highest BCUT2D eigenvalue weighted by Gasteiger charge is 1.97. The molecule has 0 saturated heterocycles. The van der Waals surface area contributed by atoms with Crippen molar-refractivity contribution in [2.24, 2.45) is 10.2 Å². The molecule has 0 amide bonds. The first-order valence-electron chi connectivity index (χ1n) is 7.66. The fraction of sp³-hybridized carbons (Fsp3) is 0.263. The lowest BCUT2D eigenvalue weighted by Crippen LogP contribution is -2.26. The highest BCUT2D eigenvalue weighted by Crippen LogP contribution is 2.02. The van der Waals surface area contributed by atoms with E-state index in [1.165, 1.54) is 11.1 Å². The van der Waals surface area contributed by atoms with E-state index in [4.69, 9.17) is 0 Å². The largest absolute Gasteiger partial charge is 0.279 e. The van der Waals surface area contributed by atoms with Gasteiger partial charge < -0.3 is 0 Å². The number of hydrogen-bond donors (Lipinski definition) is 0. The summed E-state index contributed by atoms with van der Waals surface area (Å²) in [6.45, 7) is 4.77. The quantitative estimate of drug-likeness (QED) is 0.465. The van der Waals surface area contributed by atoms with E-state index in [2.05, 4.69) is 72.6 Å². The third-order valence-electron chi connectivity index (χ3n) is 3.37. The standard InChI is InChI=1S/C19H24N4/c1-16-5-9-18(10-6-16)13-20-22(3)15-23(4)21-14-19-11-7-17(2)8-12-19/h5-14H,15H2,1-4H3/b20-13+,21-14+. The Bertz CT molecular complexity index is 597.